The van der Waals surface area contributed by atoms with Crippen LogP contribution in [0.5, 0.6) is 0 Å². The Balaban J connectivity index is 1.76. The first kappa shape index (κ1) is 24.0. The van der Waals surface area contributed by atoms with Crippen molar-refractivity contribution in [1.29, 1.82) is 0 Å². The highest BCUT2D eigenvalue weighted by Crippen LogP contribution is 2.19. The van der Waals surface area contributed by atoms with Crippen LogP contribution in [-0.2, 0) is 9.53 Å². The number of carbonyl (C=O) groups excluding carboxylic acids is 2. The highest BCUT2D eigenvalue weighted by molar-refractivity contribution is 6.03. The van der Waals surface area contributed by atoms with Gasteiger partial charge in [-0.2, -0.15) is 0 Å². The summed E-state index contributed by atoms with van der Waals surface area (Å²) in [5.74, 6) is -0.263. The Morgan fingerprint density at radius 2 is 1.26 bits per heavy atom. The molecule has 0 atom stereocenters. The van der Waals surface area contributed by atoms with Crippen molar-refractivity contribution in [3.8, 4) is 0 Å². The molecule has 3 aromatic carbocycles. The molecule has 1 fully saturated rings. The van der Waals surface area contributed by atoms with E-state index in [9.17, 15) is 9.59 Å². The van der Waals surface area contributed by atoms with E-state index in [0.717, 1.165) is 22.5 Å². The highest BCUT2D eigenvalue weighted by Gasteiger charge is 2.26. The molecule has 0 bridgehead atoms. The van der Waals surface area contributed by atoms with Gasteiger partial charge in [0.1, 0.15) is 11.5 Å². The Kier molecular flexibility index (Phi) is 7.80. The lowest BCUT2D eigenvalue weighted by Crippen LogP contribution is -2.45. The fourth-order valence-electron chi connectivity index (χ4n) is 3.64. The van der Waals surface area contributed by atoms with E-state index in [-0.39, 0.29) is 17.5 Å². The number of ether oxygens (including phenoxy) is 1. The van der Waals surface area contributed by atoms with Crippen molar-refractivity contribution in [1.82, 2.24) is 10.2 Å². The largest absolute Gasteiger partial charge is 0.378 e. The molecule has 0 aromatic heterocycles. The van der Waals surface area contributed by atoms with E-state index in [2.05, 4.69) is 16.0 Å². The molecule has 1 saturated heterocycles. The average Bonchev–Trinajstić information content (AvgIpc) is 2.90. The van der Waals surface area contributed by atoms with Crippen molar-refractivity contribution < 1.29 is 14.3 Å². The molecule has 7 nitrogen and oxygen atoms in total. The van der Waals surface area contributed by atoms with Crippen molar-refractivity contribution in [2.24, 2.45) is 0 Å². The molecule has 1 aliphatic rings. The first-order valence-corrected chi connectivity index (χ1v) is 11.6. The molecule has 180 valence electrons. The van der Waals surface area contributed by atoms with Crippen molar-refractivity contribution in [2.45, 2.75) is 13.8 Å². The Morgan fingerprint density at radius 1 is 0.743 bits per heavy atom. The maximum absolute atomic E-state index is 13.7. The van der Waals surface area contributed by atoms with Crippen LogP contribution < -0.4 is 16.0 Å². The van der Waals surface area contributed by atoms with Crippen LogP contribution in [0.2, 0.25) is 0 Å². The number of anilines is 2. The van der Waals surface area contributed by atoms with Crippen LogP contribution in [0.1, 0.15) is 21.5 Å². The SMILES string of the molecule is Cc1ccc(NC(Nc2ccc(C)cc2)=C(NC(=O)c2ccccc2)C(=O)N2CCOCC2)cc1. The summed E-state index contributed by atoms with van der Waals surface area (Å²) in [5, 5.41) is 9.52. The Hall–Kier alpha value is -4.10. The third-order valence-corrected chi connectivity index (χ3v) is 5.68. The molecular formula is C28H30N4O3. The van der Waals surface area contributed by atoms with Crippen LogP contribution in [0.25, 0.3) is 0 Å². The predicted octanol–water partition coefficient (Wildman–Crippen LogP) is 4.29. The van der Waals surface area contributed by atoms with Crippen molar-refractivity contribution >= 4 is 23.2 Å². The summed E-state index contributed by atoms with van der Waals surface area (Å²) in [7, 11) is 0. The molecule has 0 aliphatic carbocycles. The second kappa shape index (κ2) is 11.4. The summed E-state index contributed by atoms with van der Waals surface area (Å²) in [4.78, 5) is 28.5. The number of rotatable bonds is 7. The predicted molar refractivity (Wildman–Crippen MR) is 138 cm³/mol. The number of morpholine rings is 1. The highest BCUT2D eigenvalue weighted by atomic mass is 16.5. The standard InChI is InChI=1S/C28H30N4O3/c1-20-8-12-23(13-9-20)29-26(30-24-14-10-21(2)11-15-24)25(28(34)32-16-18-35-19-17-32)31-27(33)22-6-4-3-5-7-22/h3-15,29-30H,16-19H2,1-2H3,(H,31,33). The summed E-state index contributed by atoms with van der Waals surface area (Å²) in [6.45, 7) is 5.84. The van der Waals surface area contributed by atoms with Gasteiger partial charge in [0.05, 0.1) is 13.2 Å². The second-order valence-corrected chi connectivity index (χ2v) is 8.46. The first-order chi connectivity index (χ1) is 17.0. The number of hydrogen-bond donors (Lipinski definition) is 3. The molecule has 0 saturated carbocycles. The van der Waals surface area contributed by atoms with E-state index in [1.807, 2.05) is 68.4 Å². The van der Waals surface area contributed by atoms with E-state index < -0.39 is 0 Å². The van der Waals surface area contributed by atoms with Crippen molar-refractivity contribution in [3.63, 3.8) is 0 Å². The molecule has 4 rings (SSSR count). The maximum Gasteiger partial charge on any atom is 0.274 e. The van der Waals surface area contributed by atoms with Crippen LogP contribution in [-0.4, -0.2) is 43.0 Å². The van der Waals surface area contributed by atoms with Crippen molar-refractivity contribution in [3.05, 3.63) is 107 Å². The Labute approximate surface area is 205 Å². The fourth-order valence-corrected chi connectivity index (χ4v) is 3.64. The van der Waals surface area contributed by atoms with Gasteiger partial charge in [0, 0.05) is 30.0 Å². The number of nitrogens with zero attached hydrogens (tertiary/aromatic N) is 1. The van der Waals surface area contributed by atoms with E-state index in [1.165, 1.54) is 0 Å². The number of aryl methyl sites for hydroxylation is 2. The van der Waals surface area contributed by atoms with Gasteiger partial charge in [-0.25, -0.2) is 0 Å². The molecule has 1 aliphatic heterocycles. The molecule has 35 heavy (non-hydrogen) atoms. The van der Waals surface area contributed by atoms with Gasteiger partial charge in [-0.15, -0.1) is 0 Å². The van der Waals surface area contributed by atoms with E-state index in [0.29, 0.717) is 37.7 Å². The minimum absolute atomic E-state index is 0.141. The lowest BCUT2D eigenvalue weighted by atomic mass is 10.2. The maximum atomic E-state index is 13.7. The molecule has 0 unspecified atom stereocenters. The van der Waals surface area contributed by atoms with E-state index in [4.69, 9.17) is 4.74 Å². The van der Waals surface area contributed by atoms with Crippen molar-refractivity contribution in [2.75, 3.05) is 36.9 Å². The van der Waals surface area contributed by atoms with Crippen LogP contribution in [0.15, 0.2) is 90.4 Å². The van der Waals surface area contributed by atoms with Gasteiger partial charge in [-0.3, -0.25) is 9.59 Å². The molecular weight excluding hydrogens is 440 g/mol. The zero-order valence-electron chi connectivity index (χ0n) is 20.0. The monoisotopic (exact) mass is 470 g/mol. The van der Waals surface area contributed by atoms with Crippen LogP contribution in [0.3, 0.4) is 0 Å². The van der Waals surface area contributed by atoms with Crippen LogP contribution in [0, 0.1) is 13.8 Å². The zero-order valence-corrected chi connectivity index (χ0v) is 20.0. The molecule has 1 heterocycles. The molecule has 3 aromatic rings. The van der Waals surface area contributed by atoms with Gasteiger partial charge in [-0.1, -0.05) is 53.6 Å². The average molecular weight is 471 g/mol. The number of carbonyl (C=O) groups is 2. The summed E-state index contributed by atoms with van der Waals surface area (Å²) >= 11 is 0. The minimum atomic E-state index is -0.365. The van der Waals surface area contributed by atoms with Gasteiger partial charge >= 0.3 is 0 Å². The first-order valence-electron chi connectivity index (χ1n) is 11.6. The lowest BCUT2D eigenvalue weighted by molar-refractivity contribution is -0.131. The van der Waals surface area contributed by atoms with Gasteiger partial charge in [-0.05, 0) is 50.2 Å². The van der Waals surface area contributed by atoms with Gasteiger partial charge in [0.2, 0.25) is 0 Å². The van der Waals surface area contributed by atoms with E-state index in [1.54, 1.807) is 29.2 Å². The lowest BCUT2D eigenvalue weighted by Gasteiger charge is -2.29. The zero-order chi connectivity index (χ0) is 24.6. The Morgan fingerprint density at radius 3 is 1.77 bits per heavy atom. The molecule has 0 radical (unpaired) electrons. The topological polar surface area (TPSA) is 82.7 Å². The molecule has 0 spiro atoms. The number of nitrogens with one attached hydrogen (secondary N) is 3. The quantitative estimate of drug-likeness (QED) is 0.449. The summed E-state index contributed by atoms with van der Waals surface area (Å²) in [5.41, 5.74) is 4.41. The summed E-state index contributed by atoms with van der Waals surface area (Å²) < 4.78 is 5.43. The normalized spacial score (nSPS) is 13.0. The molecule has 7 heteroatoms. The number of amides is 2. The van der Waals surface area contributed by atoms with E-state index >= 15 is 0 Å². The third-order valence-electron chi connectivity index (χ3n) is 5.68. The Bertz CT molecular complexity index is 1130. The number of benzene rings is 3. The molecule has 2 amide bonds. The van der Waals surface area contributed by atoms with Gasteiger partial charge in [0.25, 0.3) is 11.8 Å². The summed E-state index contributed by atoms with van der Waals surface area (Å²) in [6.07, 6.45) is 0. The minimum Gasteiger partial charge on any atom is -0.378 e. The second-order valence-electron chi connectivity index (χ2n) is 8.46. The molecule has 3 N–H and O–H groups in total. The summed E-state index contributed by atoms with van der Waals surface area (Å²) in [6, 6.07) is 24.5. The van der Waals surface area contributed by atoms with Gasteiger partial charge in [0.15, 0.2) is 0 Å². The van der Waals surface area contributed by atoms with Crippen LogP contribution in [0.4, 0.5) is 11.4 Å². The van der Waals surface area contributed by atoms with Crippen LogP contribution >= 0.6 is 0 Å². The third kappa shape index (κ3) is 6.49. The number of hydrogen-bond acceptors (Lipinski definition) is 5. The fraction of sp³-hybridized carbons (Fsp3) is 0.214. The smallest absolute Gasteiger partial charge is 0.274 e. The van der Waals surface area contributed by atoms with Gasteiger partial charge < -0.3 is 25.6 Å².